The van der Waals surface area contributed by atoms with Gasteiger partial charge in [0, 0.05) is 25.2 Å². The van der Waals surface area contributed by atoms with Crippen molar-refractivity contribution in [3.05, 3.63) is 70.8 Å². The minimum Gasteiger partial charge on any atom is -0.492 e. The summed E-state index contributed by atoms with van der Waals surface area (Å²) in [5.41, 5.74) is 6.19. The van der Waals surface area contributed by atoms with Gasteiger partial charge in [0.25, 0.3) is 5.91 Å². The molecular weight excluding hydrogens is 368 g/mol. The Labute approximate surface area is 171 Å². The molecule has 3 rings (SSSR count). The van der Waals surface area contributed by atoms with Crippen molar-refractivity contribution in [1.82, 2.24) is 10.4 Å². The predicted molar refractivity (Wildman–Crippen MR) is 112 cm³/mol. The number of nitrogens with one attached hydrogen (secondary N) is 1. The van der Waals surface area contributed by atoms with Crippen LogP contribution in [0.5, 0.6) is 5.75 Å². The molecule has 1 aliphatic carbocycles. The first-order chi connectivity index (χ1) is 14.1. The van der Waals surface area contributed by atoms with E-state index in [1.54, 1.807) is 11.6 Å². The van der Waals surface area contributed by atoms with Gasteiger partial charge in [-0.1, -0.05) is 30.3 Å². The molecular formula is C23H28N2O4. The Bertz CT molecular complexity index is 866. The molecule has 0 heterocycles. The number of aliphatic hydroxyl groups is 1. The summed E-state index contributed by atoms with van der Waals surface area (Å²) in [6, 6.07) is 14.4. The van der Waals surface area contributed by atoms with Gasteiger partial charge in [-0.2, -0.15) is 0 Å². The van der Waals surface area contributed by atoms with Gasteiger partial charge in [0.15, 0.2) is 0 Å². The van der Waals surface area contributed by atoms with Crippen molar-refractivity contribution in [3.63, 3.8) is 0 Å². The smallest absolute Gasteiger partial charge is 0.267 e. The van der Waals surface area contributed by atoms with Crippen LogP contribution in [0.25, 0.3) is 6.08 Å². The number of fused-ring (bicyclic) bond motifs is 1. The molecule has 1 aliphatic rings. The van der Waals surface area contributed by atoms with E-state index in [4.69, 9.17) is 9.94 Å². The summed E-state index contributed by atoms with van der Waals surface area (Å²) in [7, 11) is 0. The highest BCUT2D eigenvalue weighted by Crippen LogP contribution is 2.36. The van der Waals surface area contributed by atoms with E-state index < -0.39 is 5.91 Å². The molecule has 0 bridgehead atoms. The molecule has 1 amide bonds. The quantitative estimate of drug-likeness (QED) is 0.345. The van der Waals surface area contributed by atoms with E-state index in [2.05, 4.69) is 17.0 Å². The van der Waals surface area contributed by atoms with Crippen molar-refractivity contribution in [3.8, 4) is 5.75 Å². The molecule has 0 saturated carbocycles. The number of carbonyl (C=O) groups excluding carboxylic acids is 1. The van der Waals surface area contributed by atoms with Gasteiger partial charge in [-0.25, -0.2) is 5.48 Å². The average Bonchev–Trinajstić information content (AvgIpc) is 3.14. The zero-order chi connectivity index (χ0) is 20.6. The summed E-state index contributed by atoms with van der Waals surface area (Å²) in [5.74, 6) is 0.315. The number of rotatable bonds is 9. The van der Waals surface area contributed by atoms with E-state index in [1.807, 2.05) is 37.3 Å². The van der Waals surface area contributed by atoms with Gasteiger partial charge in [-0.3, -0.25) is 14.9 Å². The van der Waals surface area contributed by atoms with Gasteiger partial charge < -0.3 is 9.84 Å². The van der Waals surface area contributed by atoms with Crippen LogP contribution in [0.15, 0.2) is 48.5 Å². The number of hydrogen-bond donors (Lipinski definition) is 3. The molecule has 2 aromatic rings. The first-order valence-electron chi connectivity index (χ1n) is 9.90. The number of hydrogen-bond acceptors (Lipinski definition) is 5. The molecule has 1 atom stereocenters. The fraction of sp³-hybridized carbons (Fsp3) is 0.348. The normalized spacial score (nSPS) is 15.7. The Hall–Kier alpha value is -2.67. The van der Waals surface area contributed by atoms with E-state index in [0.717, 1.165) is 30.7 Å². The van der Waals surface area contributed by atoms with Crippen LogP contribution in [-0.4, -0.2) is 47.4 Å². The number of benzene rings is 2. The largest absolute Gasteiger partial charge is 0.492 e. The van der Waals surface area contributed by atoms with Crippen LogP contribution in [0, 0.1) is 6.92 Å². The Morgan fingerprint density at radius 2 is 2.14 bits per heavy atom. The van der Waals surface area contributed by atoms with E-state index in [1.165, 1.54) is 22.8 Å². The van der Waals surface area contributed by atoms with Gasteiger partial charge in [0.1, 0.15) is 12.4 Å². The second-order valence-electron chi connectivity index (χ2n) is 7.25. The van der Waals surface area contributed by atoms with Gasteiger partial charge in [0.05, 0.1) is 6.61 Å². The summed E-state index contributed by atoms with van der Waals surface area (Å²) in [5, 5.41) is 18.1. The van der Waals surface area contributed by atoms with E-state index in [-0.39, 0.29) is 12.6 Å². The SMILES string of the molecule is Cc1cccc(OCCN(CCO)C2CCc3cc(/C=C/C(=O)NO)ccc32)c1. The first kappa shape index (κ1) is 21.0. The zero-order valence-corrected chi connectivity index (χ0v) is 16.7. The molecule has 6 heteroatoms. The van der Waals surface area contributed by atoms with Gasteiger partial charge in [-0.05, 0) is 60.2 Å². The lowest BCUT2D eigenvalue weighted by Crippen LogP contribution is -2.34. The van der Waals surface area contributed by atoms with Crippen LogP contribution in [0.2, 0.25) is 0 Å². The molecule has 0 saturated heterocycles. The van der Waals surface area contributed by atoms with Gasteiger partial charge in [-0.15, -0.1) is 0 Å². The van der Waals surface area contributed by atoms with Crippen LogP contribution in [0.1, 0.15) is 34.7 Å². The van der Waals surface area contributed by atoms with Crippen molar-refractivity contribution in [1.29, 1.82) is 0 Å². The van der Waals surface area contributed by atoms with Crippen LogP contribution >= 0.6 is 0 Å². The Balaban J connectivity index is 1.65. The molecule has 2 aromatic carbocycles. The third-order valence-electron chi connectivity index (χ3n) is 5.22. The molecule has 1 unspecified atom stereocenters. The number of hydroxylamine groups is 1. The number of aliphatic hydroxyl groups excluding tert-OH is 1. The Morgan fingerprint density at radius 3 is 2.90 bits per heavy atom. The average molecular weight is 396 g/mol. The third kappa shape index (κ3) is 5.67. The van der Waals surface area contributed by atoms with Crippen LogP contribution < -0.4 is 10.2 Å². The minimum absolute atomic E-state index is 0.105. The lowest BCUT2D eigenvalue weighted by atomic mass is 10.0. The molecule has 0 fully saturated rings. The van der Waals surface area contributed by atoms with Crippen LogP contribution in [0.3, 0.4) is 0 Å². The highest BCUT2D eigenvalue weighted by Gasteiger charge is 2.27. The van der Waals surface area contributed by atoms with Gasteiger partial charge in [0.2, 0.25) is 0 Å². The number of ether oxygens (including phenoxy) is 1. The number of nitrogens with zero attached hydrogens (tertiary/aromatic N) is 1. The maximum absolute atomic E-state index is 11.2. The van der Waals surface area contributed by atoms with Crippen molar-refractivity contribution >= 4 is 12.0 Å². The first-order valence-corrected chi connectivity index (χ1v) is 9.90. The summed E-state index contributed by atoms with van der Waals surface area (Å²) in [6.07, 6.45) is 4.92. The van der Waals surface area contributed by atoms with E-state index in [0.29, 0.717) is 13.2 Å². The molecule has 3 N–H and O–H groups in total. The highest BCUT2D eigenvalue weighted by molar-refractivity contribution is 5.90. The fourth-order valence-corrected chi connectivity index (χ4v) is 3.84. The third-order valence-corrected chi connectivity index (χ3v) is 5.22. The molecule has 0 aliphatic heterocycles. The molecule has 0 spiro atoms. The highest BCUT2D eigenvalue weighted by atomic mass is 16.5. The second kappa shape index (κ2) is 10.2. The molecule has 6 nitrogen and oxygen atoms in total. The van der Waals surface area contributed by atoms with Crippen LogP contribution in [-0.2, 0) is 11.2 Å². The molecule has 0 radical (unpaired) electrons. The summed E-state index contributed by atoms with van der Waals surface area (Å²) in [6.45, 7) is 4.04. The fourth-order valence-electron chi connectivity index (χ4n) is 3.84. The standard InChI is InChI=1S/C23H28N2O4/c1-17-3-2-4-20(15-17)29-14-12-25(11-13-26)22-9-7-19-16-18(5-8-21(19)22)6-10-23(27)24-28/h2-6,8,10,15-16,22,26,28H,7,9,11-14H2,1H3,(H,24,27)/b10-6+. The predicted octanol–water partition coefficient (Wildman–Crippen LogP) is 2.87. The lowest BCUT2D eigenvalue weighted by Gasteiger charge is -2.29. The summed E-state index contributed by atoms with van der Waals surface area (Å²) in [4.78, 5) is 13.4. The Kier molecular flexibility index (Phi) is 7.41. The van der Waals surface area contributed by atoms with Crippen LogP contribution in [0.4, 0.5) is 0 Å². The minimum atomic E-state index is -0.550. The Morgan fingerprint density at radius 1 is 1.28 bits per heavy atom. The lowest BCUT2D eigenvalue weighted by molar-refractivity contribution is -0.124. The van der Waals surface area contributed by atoms with Crippen molar-refractivity contribution in [2.24, 2.45) is 0 Å². The van der Waals surface area contributed by atoms with E-state index in [9.17, 15) is 9.90 Å². The second-order valence-corrected chi connectivity index (χ2v) is 7.25. The molecule has 0 aromatic heterocycles. The monoisotopic (exact) mass is 396 g/mol. The van der Waals surface area contributed by atoms with Crippen molar-refractivity contribution < 1.29 is 19.8 Å². The molecule has 154 valence electrons. The van der Waals surface area contributed by atoms with E-state index >= 15 is 0 Å². The number of carbonyl (C=O) groups is 1. The van der Waals surface area contributed by atoms with Crippen molar-refractivity contribution in [2.75, 3.05) is 26.3 Å². The topological polar surface area (TPSA) is 82.0 Å². The maximum atomic E-state index is 11.2. The maximum Gasteiger partial charge on any atom is 0.267 e. The number of aryl methyl sites for hydroxylation is 2. The summed E-state index contributed by atoms with van der Waals surface area (Å²) >= 11 is 0. The number of amides is 1. The summed E-state index contributed by atoms with van der Waals surface area (Å²) < 4.78 is 5.90. The zero-order valence-electron chi connectivity index (χ0n) is 16.7. The van der Waals surface area contributed by atoms with Gasteiger partial charge >= 0.3 is 0 Å². The van der Waals surface area contributed by atoms with Crippen molar-refractivity contribution in [2.45, 2.75) is 25.8 Å². The molecule has 29 heavy (non-hydrogen) atoms.